The number of carboxylic acid groups (broad SMARTS) is 1. The number of carbonyl (C=O) groups is 1. The standard InChI is InChI=1S/C11H11N3O3/c15-10-9-7-12-3-1-8(9)2-5-14(10)6-4-13-11(16)17/h1-3,5,7,13H,4,6H2,(H,16,17). The van der Waals surface area contributed by atoms with E-state index in [4.69, 9.17) is 5.11 Å². The lowest BCUT2D eigenvalue weighted by molar-refractivity contribution is 0.194. The lowest BCUT2D eigenvalue weighted by Gasteiger charge is -2.06. The van der Waals surface area contributed by atoms with Crippen LogP contribution in [0.5, 0.6) is 0 Å². The first-order valence-corrected chi connectivity index (χ1v) is 5.08. The third-order valence-corrected chi connectivity index (χ3v) is 2.41. The van der Waals surface area contributed by atoms with Crippen molar-refractivity contribution in [2.45, 2.75) is 6.54 Å². The second-order valence-electron chi connectivity index (χ2n) is 3.51. The highest BCUT2D eigenvalue weighted by Crippen LogP contribution is 2.05. The van der Waals surface area contributed by atoms with Gasteiger partial charge in [-0.2, -0.15) is 0 Å². The Morgan fingerprint density at radius 1 is 1.47 bits per heavy atom. The molecule has 0 aromatic carbocycles. The lowest BCUT2D eigenvalue weighted by atomic mass is 10.2. The highest BCUT2D eigenvalue weighted by Gasteiger charge is 2.02. The molecular formula is C11H11N3O3. The quantitative estimate of drug-likeness (QED) is 0.815. The average Bonchev–Trinajstić information content (AvgIpc) is 2.32. The second kappa shape index (κ2) is 4.65. The van der Waals surface area contributed by atoms with E-state index in [9.17, 15) is 9.59 Å². The van der Waals surface area contributed by atoms with Gasteiger partial charge in [0.05, 0.1) is 5.39 Å². The number of nitrogens with one attached hydrogen (secondary N) is 1. The summed E-state index contributed by atoms with van der Waals surface area (Å²) in [7, 11) is 0. The van der Waals surface area contributed by atoms with Gasteiger partial charge in [-0.15, -0.1) is 0 Å². The Morgan fingerprint density at radius 3 is 3.06 bits per heavy atom. The number of fused-ring (bicyclic) bond motifs is 1. The maximum atomic E-state index is 12.0. The minimum Gasteiger partial charge on any atom is -0.465 e. The van der Waals surface area contributed by atoms with Crippen molar-refractivity contribution in [2.24, 2.45) is 0 Å². The molecule has 2 N–H and O–H groups in total. The fraction of sp³-hybridized carbons (Fsp3) is 0.182. The normalized spacial score (nSPS) is 10.4. The third-order valence-electron chi connectivity index (χ3n) is 2.41. The van der Waals surface area contributed by atoms with E-state index in [0.717, 1.165) is 5.39 Å². The molecule has 17 heavy (non-hydrogen) atoms. The average molecular weight is 233 g/mol. The van der Waals surface area contributed by atoms with Gasteiger partial charge in [-0.1, -0.05) is 0 Å². The first-order chi connectivity index (χ1) is 8.18. The summed E-state index contributed by atoms with van der Waals surface area (Å²) in [5.41, 5.74) is -0.164. The first kappa shape index (κ1) is 11.1. The molecule has 0 radical (unpaired) electrons. The van der Waals surface area contributed by atoms with Gasteiger partial charge in [0.15, 0.2) is 0 Å². The summed E-state index contributed by atoms with van der Waals surface area (Å²) >= 11 is 0. The van der Waals surface area contributed by atoms with Gasteiger partial charge in [0.25, 0.3) is 5.56 Å². The molecule has 88 valence electrons. The molecule has 2 aromatic heterocycles. The van der Waals surface area contributed by atoms with Crippen LogP contribution in [0, 0.1) is 0 Å². The molecule has 0 aliphatic heterocycles. The molecule has 6 nitrogen and oxygen atoms in total. The molecule has 0 fully saturated rings. The second-order valence-corrected chi connectivity index (χ2v) is 3.51. The summed E-state index contributed by atoms with van der Waals surface area (Å²) in [6, 6.07) is 3.57. The fourth-order valence-corrected chi connectivity index (χ4v) is 1.58. The molecule has 2 heterocycles. The highest BCUT2D eigenvalue weighted by atomic mass is 16.4. The highest BCUT2D eigenvalue weighted by molar-refractivity contribution is 5.80. The van der Waals surface area contributed by atoms with Gasteiger partial charge >= 0.3 is 6.09 Å². The molecule has 0 unspecified atom stereocenters. The van der Waals surface area contributed by atoms with Crippen molar-refractivity contribution in [1.29, 1.82) is 0 Å². The van der Waals surface area contributed by atoms with Crippen LogP contribution >= 0.6 is 0 Å². The van der Waals surface area contributed by atoms with E-state index in [1.807, 2.05) is 0 Å². The Balaban J connectivity index is 2.27. The lowest BCUT2D eigenvalue weighted by Crippen LogP contribution is -2.29. The summed E-state index contributed by atoms with van der Waals surface area (Å²) in [5, 5.41) is 12.0. The molecule has 2 rings (SSSR count). The van der Waals surface area contributed by atoms with E-state index in [1.54, 1.807) is 24.5 Å². The number of nitrogens with zero attached hydrogens (tertiary/aromatic N) is 2. The first-order valence-electron chi connectivity index (χ1n) is 5.08. The number of amides is 1. The van der Waals surface area contributed by atoms with Crippen LogP contribution in [0.4, 0.5) is 4.79 Å². The van der Waals surface area contributed by atoms with Crippen molar-refractivity contribution < 1.29 is 9.90 Å². The SMILES string of the molecule is O=C(O)NCCn1ccc2ccncc2c1=O. The van der Waals surface area contributed by atoms with Crippen molar-refractivity contribution >= 4 is 16.9 Å². The number of rotatable bonds is 3. The van der Waals surface area contributed by atoms with Gasteiger partial charge in [-0.05, 0) is 17.5 Å². The summed E-state index contributed by atoms with van der Waals surface area (Å²) in [4.78, 5) is 26.1. The maximum Gasteiger partial charge on any atom is 0.404 e. The zero-order valence-corrected chi connectivity index (χ0v) is 8.96. The van der Waals surface area contributed by atoms with Crippen LogP contribution in [0.25, 0.3) is 10.8 Å². The van der Waals surface area contributed by atoms with Crippen molar-refractivity contribution in [3.63, 3.8) is 0 Å². The topological polar surface area (TPSA) is 84.2 Å². The number of hydrogen-bond donors (Lipinski definition) is 2. The van der Waals surface area contributed by atoms with Crippen molar-refractivity contribution in [3.8, 4) is 0 Å². The zero-order chi connectivity index (χ0) is 12.3. The Morgan fingerprint density at radius 2 is 2.29 bits per heavy atom. The summed E-state index contributed by atoms with van der Waals surface area (Å²) in [6.45, 7) is 0.497. The number of hydrogen-bond acceptors (Lipinski definition) is 3. The van der Waals surface area contributed by atoms with Gasteiger partial charge in [-0.25, -0.2) is 4.79 Å². The van der Waals surface area contributed by atoms with E-state index in [1.165, 1.54) is 10.8 Å². The fourth-order valence-electron chi connectivity index (χ4n) is 1.58. The number of pyridine rings is 2. The smallest absolute Gasteiger partial charge is 0.404 e. The van der Waals surface area contributed by atoms with Crippen LogP contribution in [-0.4, -0.2) is 27.3 Å². The van der Waals surface area contributed by atoms with Crippen molar-refractivity contribution in [1.82, 2.24) is 14.9 Å². The van der Waals surface area contributed by atoms with E-state index >= 15 is 0 Å². The summed E-state index contributed by atoms with van der Waals surface area (Å²) in [6.07, 6.45) is 3.69. The van der Waals surface area contributed by atoms with Crippen LogP contribution in [-0.2, 0) is 6.54 Å². The van der Waals surface area contributed by atoms with E-state index in [-0.39, 0.29) is 12.1 Å². The largest absolute Gasteiger partial charge is 0.465 e. The predicted octanol–water partition coefficient (Wildman–Crippen LogP) is 0.664. The van der Waals surface area contributed by atoms with E-state index in [2.05, 4.69) is 10.3 Å². The Labute approximate surface area is 96.5 Å². The maximum absolute atomic E-state index is 12.0. The summed E-state index contributed by atoms with van der Waals surface area (Å²) in [5.74, 6) is 0. The Kier molecular flexibility index (Phi) is 3.04. The molecule has 0 saturated carbocycles. The van der Waals surface area contributed by atoms with Crippen LogP contribution in [0.15, 0.2) is 35.5 Å². The van der Waals surface area contributed by atoms with Crippen LogP contribution in [0.3, 0.4) is 0 Å². The van der Waals surface area contributed by atoms with Crippen LogP contribution in [0.1, 0.15) is 0 Å². The van der Waals surface area contributed by atoms with Gasteiger partial charge in [-0.3, -0.25) is 9.78 Å². The van der Waals surface area contributed by atoms with Crippen LogP contribution in [0.2, 0.25) is 0 Å². The molecule has 2 aromatic rings. The third kappa shape index (κ3) is 2.41. The monoisotopic (exact) mass is 233 g/mol. The zero-order valence-electron chi connectivity index (χ0n) is 8.96. The van der Waals surface area contributed by atoms with Gasteiger partial charge < -0.3 is 15.0 Å². The minimum absolute atomic E-state index is 0.164. The van der Waals surface area contributed by atoms with Crippen molar-refractivity contribution in [3.05, 3.63) is 41.1 Å². The van der Waals surface area contributed by atoms with Crippen molar-refractivity contribution in [2.75, 3.05) is 6.54 Å². The molecule has 0 aliphatic rings. The Hall–Kier alpha value is -2.37. The molecule has 0 aliphatic carbocycles. The molecule has 6 heteroatoms. The minimum atomic E-state index is -1.10. The summed E-state index contributed by atoms with van der Waals surface area (Å²) < 4.78 is 1.46. The van der Waals surface area contributed by atoms with Gasteiger partial charge in [0.1, 0.15) is 0 Å². The van der Waals surface area contributed by atoms with Gasteiger partial charge in [0, 0.05) is 31.7 Å². The Bertz CT molecular complexity index is 606. The van der Waals surface area contributed by atoms with E-state index in [0.29, 0.717) is 11.9 Å². The number of aromatic nitrogens is 2. The molecule has 0 spiro atoms. The molecule has 0 bridgehead atoms. The molecular weight excluding hydrogens is 222 g/mol. The molecule has 0 saturated heterocycles. The molecule has 1 amide bonds. The molecule has 0 atom stereocenters. The van der Waals surface area contributed by atoms with E-state index < -0.39 is 6.09 Å². The predicted molar refractivity (Wildman–Crippen MR) is 62.0 cm³/mol. The van der Waals surface area contributed by atoms with Gasteiger partial charge in [0.2, 0.25) is 0 Å². The van der Waals surface area contributed by atoms with Crippen LogP contribution < -0.4 is 10.9 Å².